The molecule has 2 unspecified atom stereocenters. The highest BCUT2D eigenvalue weighted by Gasteiger charge is 2.41. The van der Waals surface area contributed by atoms with Gasteiger partial charge in [0.2, 0.25) is 0 Å². The first-order valence-electron chi connectivity index (χ1n) is 8.31. The molecule has 1 aromatic rings. The molecule has 0 aliphatic carbocycles. The molecule has 0 saturated carbocycles. The van der Waals surface area contributed by atoms with Crippen LogP contribution in [0.5, 0.6) is 0 Å². The molecular formula is C18H23ClFNO3. The molecule has 4 nitrogen and oxygen atoms in total. The third-order valence-corrected chi connectivity index (χ3v) is 4.75. The number of rotatable bonds is 1. The Labute approximate surface area is 146 Å². The van der Waals surface area contributed by atoms with Crippen LogP contribution in [0.1, 0.15) is 56.2 Å². The maximum atomic E-state index is 13.6. The molecule has 1 aromatic carbocycles. The van der Waals surface area contributed by atoms with Crippen molar-refractivity contribution in [3.8, 4) is 0 Å². The van der Waals surface area contributed by atoms with Crippen molar-refractivity contribution >= 4 is 17.7 Å². The molecule has 1 saturated heterocycles. The van der Waals surface area contributed by atoms with Crippen LogP contribution in [0, 0.1) is 5.82 Å². The van der Waals surface area contributed by atoms with Gasteiger partial charge in [-0.2, -0.15) is 0 Å². The van der Waals surface area contributed by atoms with Crippen LogP contribution < -0.4 is 0 Å². The molecule has 0 radical (unpaired) electrons. The number of amides is 1. The predicted octanol–water partition coefficient (Wildman–Crippen LogP) is 4.58. The van der Waals surface area contributed by atoms with Crippen LogP contribution in [-0.2, 0) is 9.47 Å². The van der Waals surface area contributed by atoms with Crippen molar-refractivity contribution in [1.29, 1.82) is 0 Å². The Balaban J connectivity index is 1.86. The van der Waals surface area contributed by atoms with Crippen LogP contribution in [0.3, 0.4) is 0 Å². The molecule has 3 atom stereocenters. The van der Waals surface area contributed by atoms with E-state index in [1.165, 1.54) is 12.1 Å². The first-order chi connectivity index (χ1) is 11.3. The minimum atomic E-state index is -0.542. The van der Waals surface area contributed by atoms with Crippen molar-refractivity contribution < 1.29 is 18.7 Å². The lowest BCUT2D eigenvalue weighted by Crippen LogP contribution is -2.44. The average molecular weight is 356 g/mol. The molecular weight excluding hydrogens is 333 g/mol. The largest absolute Gasteiger partial charge is 0.444 e. The van der Waals surface area contributed by atoms with Gasteiger partial charge in [0.25, 0.3) is 0 Å². The number of carbonyl (C=O) groups is 1. The lowest BCUT2D eigenvalue weighted by molar-refractivity contribution is -0.0277. The predicted molar refractivity (Wildman–Crippen MR) is 89.6 cm³/mol. The number of likely N-dealkylation sites (tertiary alicyclic amines) is 1. The summed E-state index contributed by atoms with van der Waals surface area (Å²) in [6, 6.07) is 4.48. The monoisotopic (exact) mass is 355 g/mol. The van der Waals surface area contributed by atoms with E-state index >= 15 is 0 Å². The van der Waals surface area contributed by atoms with Crippen LogP contribution in [0.2, 0.25) is 0 Å². The molecule has 0 N–H and O–H groups in total. The van der Waals surface area contributed by atoms with Gasteiger partial charge in [-0.05, 0) is 56.9 Å². The summed E-state index contributed by atoms with van der Waals surface area (Å²) in [6.45, 7) is 6.50. The first-order valence-corrected chi connectivity index (χ1v) is 8.74. The SMILES string of the molecule is CC(C)(C)OC(=O)N1CCC[C@H]1C1OCC(Cl)c2cc(F)ccc21. The second-order valence-corrected chi connectivity index (χ2v) is 7.90. The fraction of sp³-hybridized carbons (Fsp3) is 0.611. The van der Waals surface area contributed by atoms with Crippen molar-refractivity contribution in [2.75, 3.05) is 13.2 Å². The maximum Gasteiger partial charge on any atom is 0.410 e. The summed E-state index contributed by atoms with van der Waals surface area (Å²) in [7, 11) is 0. The van der Waals surface area contributed by atoms with Gasteiger partial charge in [-0.3, -0.25) is 0 Å². The highest BCUT2D eigenvalue weighted by atomic mass is 35.5. The first kappa shape index (κ1) is 17.5. The van der Waals surface area contributed by atoms with E-state index in [9.17, 15) is 9.18 Å². The van der Waals surface area contributed by atoms with Gasteiger partial charge in [0.05, 0.1) is 18.0 Å². The quantitative estimate of drug-likeness (QED) is 0.692. The van der Waals surface area contributed by atoms with Crippen LogP contribution in [0.4, 0.5) is 9.18 Å². The Kier molecular flexibility index (Phi) is 4.76. The zero-order valence-corrected chi connectivity index (χ0v) is 15.0. The number of halogens is 2. The Morgan fingerprint density at radius 1 is 1.38 bits per heavy atom. The third kappa shape index (κ3) is 3.52. The molecule has 132 valence electrons. The number of hydrogen-bond acceptors (Lipinski definition) is 3. The van der Waals surface area contributed by atoms with Gasteiger partial charge in [0, 0.05) is 6.54 Å². The second-order valence-electron chi connectivity index (χ2n) is 7.38. The van der Waals surface area contributed by atoms with Gasteiger partial charge >= 0.3 is 6.09 Å². The molecule has 0 spiro atoms. The van der Waals surface area contributed by atoms with Crippen LogP contribution in [0.25, 0.3) is 0 Å². The van der Waals surface area contributed by atoms with E-state index in [4.69, 9.17) is 21.1 Å². The number of nitrogens with zero attached hydrogens (tertiary/aromatic N) is 1. The fourth-order valence-corrected chi connectivity index (χ4v) is 3.68. The summed E-state index contributed by atoms with van der Waals surface area (Å²) in [5, 5.41) is -0.372. The smallest absolute Gasteiger partial charge is 0.410 e. The topological polar surface area (TPSA) is 38.8 Å². The summed E-state index contributed by atoms with van der Waals surface area (Å²) >= 11 is 6.28. The normalized spacial score (nSPS) is 27.0. The number of benzene rings is 1. The zero-order valence-electron chi connectivity index (χ0n) is 14.2. The Morgan fingerprint density at radius 3 is 2.83 bits per heavy atom. The van der Waals surface area contributed by atoms with E-state index in [2.05, 4.69) is 0 Å². The van der Waals surface area contributed by atoms with Crippen LogP contribution in [-0.4, -0.2) is 35.8 Å². The number of carbonyl (C=O) groups excluding carboxylic acids is 1. The average Bonchev–Trinajstić information content (AvgIpc) is 2.96. The molecule has 6 heteroatoms. The number of alkyl halides is 1. The lowest BCUT2D eigenvalue weighted by atomic mass is 9.92. The number of ether oxygens (including phenoxy) is 2. The molecule has 2 aliphatic rings. The van der Waals surface area contributed by atoms with Crippen molar-refractivity contribution in [2.24, 2.45) is 0 Å². The number of fused-ring (bicyclic) bond motifs is 1. The molecule has 2 aliphatic heterocycles. The van der Waals surface area contributed by atoms with Gasteiger partial charge in [-0.15, -0.1) is 11.6 Å². The molecule has 3 rings (SSSR count). The van der Waals surface area contributed by atoms with E-state index in [0.29, 0.717) is 13.2 Å². The zero-order chi connectivity index (χ0) is 17.5. The minimum Gasteiger partial charge on any atom is -0.444 e. The van der Waals surface area contributed by atoms with E-state index in [-0.39, 0.29) is 29.4 Å². The summed E-state index contributed by atoms with van der Waals surface area (Å²) in [5.74, 6) is -0.310. The number of hydrogen-bond donors (Lipinski definition) is 0. The third-order valence-electron chi connectivity index (χ3n) is 4.39. The van der Waals surface area contributed by atoms with E-state index in [0.717, 1.165) is 24.0 Å². The fourth-order valence-electron chi connectivity index (χ4n) is 3.42. The Hall–Kier alpha value is -1.33. The van der Waals surface area contributed by atoms with Crippen molar-refractivity contribution in [3.05, 3.63) is 35.1 Å². The van der Waals surface area contributed by atoms with Gasteiger partial charge in [-0.1, -0.05) is 6.07 Å². The molecule has 1 fully saturated rings. The Morgan fingerprint density at radius 2 is 2.12 bits per heavy atom. The Bertz CT molecular complexity index is 631. The van der Waals surface area contributed by atoms with Crippen LogP contribution >= 0.6 is 11.6 Å². The van der Waals surface area contributed by atoms with Crippen LogP contribution in [0.15, 0.2) is 18.2 Å². The molecule has 24 heavy (non-hydrogen) atoms. The summed E-state index contributed by atoms with van der Waals surface area (Å²) < 4.78 is 25.0. The van der Waals surface area contributed by atoms with E-state index in [1.54, 1.807) is 11.0 Å². The van der Waals surface area contributed by atoms with Crippen molar-refractivity contribution in [1.82, 2.24) is 4.90 Å². The summed E-state index contributed by atoms with van der Waals surface area (Å²) in [6.07, 6.45) is 1.09. The highest BCUT2D eigenvalue weighted by molar-refractivity contribution is 6.21. The molecule has 0 aromatic heterocycles. The summed E-state index contributed by atoms with van der Waals surface area (Å²) in [5.41, 5.74) is 1.08. The van der Waals surface area contributed by atoms with Gasteiger partial charge in [0.15, 0.2) is 0 Å². The standard InChI is InChI=1S/C18H23ClFNO3/c1-18(2,3)24-17(22)21-8-4-5-15(21)16-12-7-6-11(20)9-13(12)14(19)10-23-16/h6-7,9,14-16H,4-5,8,10H2,1-3H3/t14?,15-,16?/m0/s1. The molecule has 2 heterocycles. The van der Waals surface area contributed by atoms with Crippen molar-refractivity contribution in [3.63, 3.8) is 0 Å². The second kappa shape index (κ2) is 6.52. The van der Waals surface area contributed by atoms with Crippen molar-refractivity contribution in [2.45, 2.75) is 56.7 Å². The van der Waals surface area contributed by atoms with E-state index < -0.39 is 5.60 Å². The molecule has 0 bridgehead atoms. The van der Waals surface area contributed by atoms with Gasteiger partial charge in [-0.25, -0.2) is 9.18 Å². The minimum absolute atomic E-state index is 0.117. The van der Waals surface area contributed by atoms with Gasteiger partial charge in [0.1, 0.15) is 17.5 Å². The maximum absolute atomic E-state index is 13.6. The lowest BCUT2D eigenvalue weighted by Gasteiger charge is -2.37. The highest BCUT2D eigenvalue weighted by Crippen LogP contribution is 2.42. The van der Waals surface area contributed by atoms with Gasteiger partial charge < -0.3 is 14.4 Å². The molecule has 1 amide bonds. The van der Waals surface area contributed by atoms with E-state index in [1.807, 2.05) is 20.8 Å². The summed E-state index contributed by atoms with van der Waals surface area (Å²) in [4.78, 5) is 14.2.